The second-order valence-electron chi connectivity index (χ2n) is 6.26. The zero-order valence-electron chi connectivity index (χ0n) is 15.0. The fourth-order valence-electron chi connectivity index (χ4n) is 3.02. The van der Waals surface area contributed by atoms with E-state index in [9.17, 15) is 4.79 Å². The van der Waals surface area contributed by atoms with Gasteiger partial charge in [-0.1, -0.05) is 56.3 Å². The molecule has 0 N–H and O–H groups in total. The third-order valence-corrected chi connectivity index (χ3v) is 4.34. The van der Waals surface area contributed by atoms with E-state index in [0.717, 1.165) is 16.8 Å². The monoisotopic (exact) mass is 404 g/mol. The van der Waals surface area contributed by atoms with Gasteiger partial charge < -0.3 is 5.32 Å². The summed E-state index contributed by atoms with van der Waals surface area (Å²) in [6, 6.07) is 19.8. The van der Waals surface area contributed by atoms with E-state index in [0.29, 0.717) is 13.0 Å². The molecule has 0 heterocycles. The molecule has 0 spiro atoms. The van der Waals surface area contributed by atoms with Crippen LogP contribution in [0.5, 0.6) is 0 Å². The molecule has 3 heteroatoms. The Balaban J connectivity index is 0.00000225. The first-order chi connectivity index (χ1) is 11.5. The number of rotatable bonds is 5. The Bertz CT molecular complexity index is 884. The van der Waals surface area contributed by atoms with Crippen molar-refractivity contribution in [2.24, 2.45) is 0 Å². The molecule has 0 fully saturated rings. The fraction of sp³-hybridized carbons (Fsp3) is 0.227. The predicted molar refractivity (Wildman–Crippen MR) is 99.8 cm³/mol. The molecule has 0 bridgehead atoms. The zero-order chi connectivity index (χ0) is 17.1. The number of hydrogen-bond donors (Lipinski definition) is 0. The van der Waals surface area contributed by atoms with Gasteiger partial charge in [-0.2, -0.15) is 17.2 Å². The Hall–Kier alpha value is -1.51. The Morgan fingerprint density at radius 3 is 2.28 bits per heavy atom. The van der Waals surface area contributed by atoms with Gasteiger partial charge in [0.2, 0.25) is 0 Å². The number of Topliss-reactive ketones (excluding diaryl/α,β-unsaturated/α-hetero) is 1. The topological polar surface area (TPSA) is 31.2 Å². The van der Waals surface area contributed by atoms with Crippen molar-refractivity contribution >= 4 is 22.2 Å². The molecule has 0 aromatic heterocycles. The number of fused-ring (bicyclic) bond motifs is 1. The summed E-state index contributed by atoms with van der Waals surface area (Å²) in [6.45, 7) is 6.46. The quantitative estimate of drug-likeness (QED) is 0.510. The first-order valence-electron chi connectivity index (χ1n) is 8.20. The van der Waals surface area contributed by atoms with Crippen LogP contribution in [-0.4, -0.2) is 5.78 Å². The van der Waals surface area contributed by atoms with Gasteiger partial charge in [-0.25, -0.2) is 0 Å². The van der Waals surface area contributed by atoms with Crippen molar-refractivity contribution in [2.75, 3.05) is 0 Å². The molecular formula is C22H21NOY-2. The largest absolute Gasteiger partial charge is 0.682 e. The molecule has 0 aliphatic rings. The van der Waals surface area contributed by atoms with E-state index in [2.05, 4.69) is 49.5 Å². The Morgan fingerprint density at radius 2 is 1.64 bits per heavy atom. The van der Waals surface area contributed by atoms with Crippen LogP contribution in [-0.2, 0) is 50.5 Å². The van der Waals surface area contributed by atoms with E-state index in [-0.39, 0.29) is 38.5 Å². The number of carbonyl (C=O) groups excluding carboxylic acids is 1. The van der Waals surface area contributed by atoms with Gasteiger partial charge in [-0.05, 0) is 12.5 Å². The number of aryl methyl sites for hydroxylation is 2. The van der Waals surface area contributed by atoms with E-state index in [4.69, 9.17) is 0 Å². The van der Waals surface area contributed by atoms with Crippen molar-refractivity contribution in [3.8, 4) is 0 Å². The van der Waals surface area contributed by atoms with Crippen molar-refractivity contribution in [2.45, 2.75) is 33.7 Å². The van der Waals surface area contributed by atoms with Gasteiger partial charge in [0.25, 0.3) is 0 Å². The molecule has 0 saturated heterocycles. The zero-order valence-corrected chi connectivity index (χ0v) is 17.8. The molecule has 1 radical (unpaired) electrons. The SMILES string of the molecule is CC(=O)Cc1ccc([N-]Cc2[c-]c(C)c3ccccc3c2C)cc1.[Y]. The fourth-order valence-corrected chi connectivity index (χ4v) is 3.02. The first-order valence-corrected chi connectivity index (χ1v) is 8.20. The van der Waals surface area contributed by atoms with Crippen molar-refractivity contribution in [1.82, 2.24) is 0 Å². The average molecular weight is 404 g/mol. The summed E-state index contributed by atoms with van der Waals surface area (Å²) in [5.41, 5.74) is 5.51. The number of benzene rings is 3. The van der Waals surface area contributed by atoms with Gasteiger partial charge in [-0.15, -0.1) is 34.6 Å². The van der Waals surface area contributed by atoms with E-state index < -0.39 is 0 Å². The summed E-state index contributed by atoms with van der Waals surface area (Å²) >= 11 is 0. The molecule has 3 rings (SSSR count). The van der Waals surface area contributed by atoms with Crippen LogP contribution in [0, 0.1) is 19.9 Å². The van der Waals surface area contributed by atoms with Gasteiger partial charge in [0.15, 0.2) is 0 Å². The minimum Gasteiger partial charge on any atom is -0.682 e. The van der Waals surface area contributed by atoms with E-state index >= 15 is 0 Å². The summed E-state index contributed by atoms with van der Waals surface area (Å²) in [4.78, 5) is 11.2. The van der Waals surface area contributed by atoms with Gasteiger partial charge in [0.05, 0.1) is 0 Å². The molecule has 0 unspecified atom stereocenters. The maximum Gasteiger partial charge on any atom is 0.134 e. The second kappa shape index (κ2) is 8.73. The summed E-state index contributed by atoms with van der Waals surface area (Å²) in [5.74, 6) is 0.177. The molecule has 0 amide bonds. The summed E-state index contributed by atoms with van der Waals surface area (Å²) in [5, 5.41) is 7.22. The number of nitrogens with zero attached hydrogens (tertiary/aromatic N) is 1. The van der Waals surface area contributed by atoms with Crippen LogP contribution in [0.15, 0.2) is 48.5 Å². The second-order valence-corrected chi connectivity index (χ2v) is 6.26. The molecule has 3 aromatic rings. The van der Waals surface area contributed by atoms with Crippen LogP contribution >= 0.6 is 0 Å². The van der Waals surface area contributed by atoms with E-state index in [1.807, 2.05) is 24.3 Å². The summed E-state index contributed by atoms with van der Waals surface area (Å²) in [7, 11) is 0. The summed E-state index contributed by atoms with van der Waals surface area (Å²) in [6.07, 6.45) is 0.483. The summed E-state index contributed by atoms with van der Waals surface area (Å²) < 4.78 is 0. The van der Waals surface area contributed by atoms with Crippen molar-refractivity contribution < 1.29 is 37.5 Å². The maximum atomic E-state index is 11.2. The van der Waals surface area contributed by atoms with Crippen LogP contribution in [0.1, 0.15) is 29.2 Å². The van der Waals surface area contributed by atoms with Gasteiger partial charge in [0.1, 0.15) is 5.78 Å². The van der Waals surface area contributed by atoms with Crippen molar-refractivity contribution in [3.63, 3.8) is 0 Å². The normalized spacial score (nSPS) is 10.4. The van der Waals surface area contributed by atoms with Crippen molar-refractivity contribution in [1.29, 1.82) is 0 Å². The number of carbonyl (C=O) groups is 1. The van der Waals surface area contributed by atoms with Crippen molar-refractivity contribution in [3.05, 3.63) is 82.2 Å². The molecule has 0 saturated carbocycles. The maximum absolute atomic E-state index is 11.2. The van der Waals surface area contributed by atoms with E-state index in [1.165, 1.54) is 21.9 Å². The van der Waals surface area contributed by atoms with Crippen LogP contribution in [0.4, 0.5) is 5.69 Å². The molecule has 2 nitrogen and oxygen atoms in total. The Labute approximate surface area is 174 Å². The molecule has 25 heavy (non-hydrogen) atoms. The smallest absolute Gasteiger partial charge is 0.134 e. The van der Waals surface area contributed by atoms with Gasteiger partial charge in [-0.3, -0.25) is 4.79 Å². The minimum absolute atomic E-state index is 0. The first kappa shape index (κ1) is 19.8. The number of ketones is 1. The Morgan fingerprint density at radius 1 is 1.00 bits per heavy atom. The van der Waals surface area contributed by atoms with Gasteiger partial charge in [0, 0.05) is 39.1 Å². The van der Waals surface area contributed by atoms with Gasteiger partial charge >= 0.3 is 0 Å². The molecule has 125 valence electrons. The standard InChI is InChI=1S/C22H21NO.Y/c1-15-12-19(17(3)22-7-5-4-6-21(15)22)14-23-20-10-8-18(9-11-20)13-16(2)24;/h4-11H,13-14H2,1-3H3;/q-2;. The van der Waals surface area contributed by atoms with Crippen LogP contribution < -0.4 is 0 Å². The minimum atomic E-state index is 0. The molecule has 3 aromatic carbocycles. The number of hydrogen-bond acceptors (Lipinski definition) is 1. The third-order valence-electron chi connectivity index (χ3n) is 4.34. The predicted octanol–water partition coefficient (Wildman–Crippen LogP) is 5.59. The molecule has 0 atom stereocenters. The van der Waals surface area contributed by atoms with Crippen LogP contribution in [0.25, 0.3) is 16.1 Å². The third kappa shape index (κ3) is 4.77. The molecular weight excluding hydrogens is 383 g/mol. The van der Waals surface area contributed by atoms with E-state index in [1.54, 1.807) is 6.92 Å². The van der Waals surface area contributed by atoms with Crippen LogP contribution in [0.3, 0.4) is 0 Å². The molecule has 0 aliphatic heterocycles. The van der Waals surface area contributed by atoms with Crippen LogP contribution in [0.2, 0.25) is 0 Å². The molecule has 0 aliphatic carbocycles. The Kier molecular flexibility index (Phi) is 6.92. The average Bonchev–Trinajstić information content (AvgIpc) is 2.58.